The number of halogens is 2. The van der Waals surface area contributed by atoms with E-state index in [9.17, 15) is 13.6 Å². The maximum atomic E-state index is 12.2. The predicted molar refractivity (Wildman–Crippen MR) is 78.1 cm³/mol. The van der Waals surface area contributed by atoms with Gasteiger partial charge in [0.1, 0.15) is 11.9 Å². The average molecular weight is 304 g/mol. The second-order valence-electron chi connectivity index (χ2n) is 4.95. The first-order valence-corrected chi connectivity index (χ1v) is 6.74. The highest BCUT2D eigenvalue weighted by Crippen LogP contribution is 2.32. The summed E-state index contributed by atoms with van der Waals surface area (Å²) in [4.78, 5) is 14.1. The lowest BCUT2D eigenvalue weighted by Crippen LogP contribution is -2.44. The molecule has 4 nitrogen and oxygen atoms in total. The molecule has 0 unspecified atom stereocenters. The van der Waals surface area contributed by atoms with E-state index < -0.39 is 6.61 Å². The number of carbonyl (C=O) groups is 1. The van der Waals surface area contributed by atoms with Gasteiger partial charge in [-0.05, 0) is 29.8 Å². The fraction of sp³-hybridized carbons (Fsp3) is 0.188. The van der Waals surface area contributed by atoms with Crippen molar-refractivity contribution in [3.05, 3.63) is 59.7 Å². The summed E-state index contributed by atoms with van der Waals surface area (Å²) in [5.74, 6) is -0.0736. The topological polar surface area (TPSA) is 41.6 Å². The molecule has 0 fully saturated rings. The molecular weight excluding hydrogens is 290 g/mol. The minimum absolute atomic E-state index is 0.0870. The fourth-order valence-electron chi connectivity index (χ4n) is 2.55. The van der Waals surface area contributed by atoms with Gasteiger partial charge in [0.15, 0.2) is 0 Å². The molecule has 0 aromatic heterocycles. The van der Waals surface area contributed by atoms with E-state index in [4.69, 9.17) is 0 Å². The number of anilines is 1. The molecule has 3 rings (SSSR count). The van der Waals surface area contributed by atoms with Crippen molar-refractivity contribution < 1.29 is 18.3 Å². The van der Waals surface area contributed by atoms with Gasteiger partial charge in [0.2, 0.25) is 0 Å². The van der Waals surface area contributed by atoms with E-state index in [2.05, 4.69) is 10.1 Å². The average Bonchev–Trinajstić information content (AvgIpc) is 2.51. The normalized spacial score (nSPS) is 17.2. The van der Waals surface area contributed by atoms with E-state index in [0.29, 0.717) is 5.56 Å². The fourth-order valence-corrected chi connectivity index (χ4v) is 2.55. The molecular formula is C16H14F2N2O2. The Morgan fingerprint density at radius 3 is 2.50 bits per heavy atom. The molecule has 0 radical (unpaired) electrons. The number of carbonyl (C=O) groups excluding carboxylic acids is 1. The number of ether oxygens (including phenoxy) is 1. The highest BCUT2D eigenvalue weighted by Gasteiger charge is 2.28. The molecule has 1 aliphatic rings. The van der Waals surface area contributed by atoms with E-state index in [1.54, 1.807) is 18.2 Å². The zero-order valence-corrected chi connectivity index (χ0v) is 11.8. The van der Waals surface area contributed by atoms with Crippen LogP contribution in [0.15, 0.2) is 48.5 Å². The Morgan fingerprint density at radius 1 is 1.14 bits per heavy atom. The van der Waals surface area contributed by atoms with Crippen molar-refractivity contribution in [1.82, 2.24) is 5.32 Å². The van der Waals surface area contributed by atoms with E-state index in [0.717, 1.165) is 11.3 Å². The van der Waals surface area contributed by atoms with E-state index in [1.807, 2.05) is 30.1 Å². The van der Waals surface area contributed by atoms with Crippen molar-refractivity contribution in [2.75, 3.05) is 11.9 Å². The molecule has 6 heteroatoms. The highest BCUT2D eigenvalue weighted by atomic mass is 19.3. The Kier molecular flexibility index (Phi) is 3.66. The van der Waals surface area contributed by atoms with Crippen LogP contribution in [0, 0.1) is 0 Å². The zero-order chi connectivity index (χ0) is 15.7. The van der Waals surface area contributed by atoms with E-state index in [-0.39, 0.29) is 17.8 Å². The molecule has 1 aliphatic heterocycles. The Morgan fingerprint density at radius 2 is 1.82 bits per heavy atom. The van der Waals surface area contributed by atoms with Gasteiger partial charge in [-0.2, -0.15) is 8.78 Å². The lowest BCUT2D eigenvalue weighted by Gasteiger charge is -2.36. The Bertz CT molecular complexity index is 689. The lowest BCUT2D eigenvalue weighted by molar-refractivity contribution is -0.0498. The third-order valence-corrected chi connectivity index (χ3v) is 3.60. The van der Waals surface area contributed by atoms with Crippen molar-refractivity contribution in [2.24, 2.45) is 0 Å². The van der Waals surface area contributed by atoms with Crippen LogP contribution in [0.3, 0.4) is 0 Å². The van der Waals surface area contributed by atoms with Gasteiger partial charge in [0, 0.05) is 7.05 Å². The number of hydrogen-bond acceptors (Lipinski definition) is 3. The van der Waals surface area contributed by atoms with Crippen LogP contribution in [0.1, 0.15) is 22.1 Å². The number of alkyl halides is 2. The van der Waals surface area contributed by atoms with Gasteiger partial charge in [-0.25, -0.2) is 0 Å². The van der Waals surface area contributed by atoms with Crippen LogP contribution in [-0.2, 0) is 0 Å². The third-order valence-electron chi connectivity index (χ3n) is 3.60. The van der Waals surface area contributed by atoms with Gasteiger partial charge in [0.25, 0.3) is 5.91 Å². The number of nitrogens with zero attached hydrogens (tertiary/aromatic N) is 1. The molecule has 1 heterocycles. The van der Waals surface area contributed by atoms with Crippen molar-refractivity contribution in [3.63, 3.8) is 0 Å². The number of benzene rings is 2. The molecule has 0 spiro atoms. The van der Waals surface area contributed by atoms with E-state index in [1.165, 1.54) is 12.1 Å². The van der Waals surface area contributed by atoms with Crippen molar-refractivity contribution >= 4 is 11.6 Å². The van der Waals surface area contributed by atoms with E-state index >= 15 is 0 Å². The predicted octanol–water partition coefficient (Wildman–Crippen LogP) is 3.17. The molecule has 1 amide bonds. The minimum atomic E-state index is -2.85. The minimum Gasteiger partial charge on any atom is -0.435 e. The Labute approximate surface area is 126 Å². The first kappa shape index (κ1) is 14.3. The number of hydrogen-bond donors (Lipinski definition) is 1. The summed E-state index contributed by atoms with van der Waals surface area (Å²) in [5, 5.41) is 2.90. The molecule has 2 aromatic carbocycles. The molecule has 22 heavy (non-hydrogen) atoms. The van der Waals surface area contributed by atoms with Crippen LogP contribution >= 0.6 is 0 Å². The zero-order valence-electron chi connectivity index (χ0n) is 11.8. The summed E-state index contributed by atoms with van der Waals surface area (Å²) in [7, 11) is 1.87. The largest absolute Gasteiger partial charge is 0.435 e. The van der Waals surface area contributed by atoms with Crippen LogP contribution in [-0.4, -0.2) is 19.6 Å². The number of amides is 1. The first-order valence-electron chi connectivity index (χ1n) is 6.74. The summed E-state index contributed by atoms with van der Waals surface area (Å²) < 4.78 is 28.7. The number of para-hydroxylation sites is 1. The SMILES string of the molecule is CN1c2ccccc2C(=O)N[C@@H]1c1ccc(OC(F)F)cc1. The Hall–Kier alpha value is -2.63. The summed E-state index contributed by atoms with van der Waals surface area (Å²) in [6.45, 7) is -2.85. The standard InChI is InChI=1S/C16H14F2N2O2/c1-20-13-5-3-2-4-12(13)15(21)19-14(20)10-6-8-11(9-7-10)22-16(17)18/h2-9,14,16H,1H3,(H,19,21)/t14-/m0/s1. The van der Waals surface area contributed by atoms with Gasteiger partial charge < -0.3 is 15.0 Å². The van der Waals surface area contributed by atoms with Crippen molar-refractivity contribution in [1.29, 1.82) is 0 Å². The molecule has 1 N–H and O–H groups in total. The Balaban J connectivity index is 1.88. The van der Waals surface area contributed by atoms with Crippen LogP contribution in [0.4, 0.5) is 14.5 Å². The molecule has 0 saturated heterocycles. The second-order valence-corrected chi connectivity index (χ2v) is 4.95. The molecule has 2 aromatic rings. The quantitative estimate of drug-likeness (QED) is 0.947. The van der Waals surface area contributed by atoms with Gasteiger partial charge in [0.05, 0.1) is 11.3 Å². The maximum absolute atomic E-state index is 12.2. The van der Waals surface area contributed by atoms with Gasteiger partial charge >= 0.3 is 6.61 Å². The maximum Gasteiger partial charge on any atom is 0.387 e. The molecule has 0 bridgehead atoms. The highest BCUT2D eigenvalue weighted by molar-refractivity contribution is 6.01. The summed E-state index contributed by atoms with van der Waals surface area (Å²) in [5.41, 5.74) is 2.22. The van der Waals surface area contributed by atoms with Crippen LogP contribution in [0.25, 0.3) is 0 Å². The second kappa shape index (κ2) is 5.63. The summed E-state index contributed by atoms with van der Waals surface area (Å²) in [6, 6.07) is 13.5. The van der Waals surface area contributed by atoms with Gasteiger partial charge in [-0.3, -0.25) is 4.79 Å². The third kappa shape index (κ3) is 2.59. The van der Waals surface area contributed by atoms with Crippen LogP contribution < -0.4 is 15.0 Å². The first-order chi connectivity index (χ1) is 10.6. The monoisotopic (exact) mass is 304 g/mol. The molecule has 114 valence electrons. The summed E-state index contributed by atoms with van der Waals surface area (Å²) >= 11 is 0. The number of fused-ring (bicyclic) bond motifs is 1. The number of nitrogens with one attached hydrogen (secondary N) is 1. The smallest absolute Gasteiger partial charge is 0.387 e. The van der Waals surface area contributed by atoms with Crippen molar-refractivity contribution in [2.45, 2.75) is 12.8 Å². The number of rotatable bonds is 3. The molecule has 0 saturated carbocycles. The molecule has 1 atom stereocenters. The van der Waals surface area contributed by atoms with Crippen LogP contribution in [0.2, 0.25) is 0 Å². The van der Waals surface area contributed by atoms with Gasteiger partial charge in [-0.1, -0.05) is 24.3 Å². The van der Waals surface area contributed by atoms with Crippen LogP contribution in [0.5, 0.6) is 5.75 Å². The van der Waals surface area contributed by atoms with Crippen molar-refractivity contribution in [3.8, 4) is 5.75 Å². The molecule has 0 aliphatic carbocycles. The lowest BCUT2D eigenvalue weighted by atomic mass is 10.0. The van der Waals surface area contributed by atoms with Gasteiger partial charge in [-0.15, -0.1) is 0 Å². The summed E-state index contributed by atoms with van der Waals surface area (Å²) in [6.07, 6.45) is -0.358.